The van der Waals surface area contributed by atoms with Crippen molar-refractivity contribution in [2.24, 2.45) is 5.92 Å². The fourth-order valence-corrected chi connectivity index (χ4v) is 18.0. The summed E-state index contributed by atoms with van der Waals surface area (Å²) in [5.41, 5.74) is 1.18. The van der Waals surface area contributed by atoms with Crippen LogP contribution in [0.1, 0.15) is 80.1 Å². The molecule has 0 aliphatic heterocycles. The first-order chi connectivity index (χ1) is 11.5. The molecule has 0 aromatic rings. The summed E-state index contributed by atoms with van der Waals surface area (Å²) in [5.74, 6) is 0.431. The number of unbranched alkanes of at least 4 members (excludes halogenated alkanes) is 3. The van der Waals surface area contributed by atoms with Gasteiger partial charge in [0.15, 0.2) is 0 Å². The second kappa shape index (κ2) is 14.4. The number of allylic oxidation sites excluding steroid dienone is 1. The average molecular weight is 443 g/mol. The molecule has 2 atom stereocenters. The van der Waals surface area contributed by atoms with Gasteiger partial charge in [-0.15, -0.1) is 0 Å². The second-order valence-corrected chi connectivity index (χ2v) is 21.4. The Morgan fingerprint density at radius 1 is 1.00 bits per heavy atom. The van der Waals surface area contributed by atoms with Crippen LogP contribution >= 0.6 is 0 Å². The number of rotatable bonds is 15. The van der Waals surface area contributed by atoms with Crippen molar-refractivity contribution in [1.82, 2.24) is 0 Å². The quantitative estimate of drug-likeness (QED) is 0.188. The number of ether oxygens (including phenoxy) is 1. The molecule has 0 heterocycles. The van der Waals surface area contributed by atoms with E-state index in [-0.39, 0.29) is 6.10 Å². The minimum absolute atomic E-state index is 0.196. The third kappa shape index (κ3) is 9.65. The van der Waals surface area contributed by atoms with Crippen molar-refractivity contribution in [2.75, 3.05) is 4.62 Å². The van der Waals surface area contributed by atoms with Crippen LogP contribution in [-0.4, -0.2) is 29.1 Å². The first-order valence-corrected chi connectivity index (χ1v) is 18.4. The Bertz CT molecular complexity index is 326. The monoisotopic (exact) mass is 444 g/mol. The Balaban J connectivity index is 5.11. The Labute approximate surface area is 157 Å². The molecule has 0 radical (unpaired) electrons. The van der Waals surface area contributed by atoms with Gasteiger partial charge in [-0.3, -0.25) is 0 Å². The molecule has 0 spiro atoms. The molecule has 0 unspecified atom stereocenters. The van der Waals surface area contributed by atoms with Crippen LogP contribution in [-0.2, 0) is 4.74 Å². The average Bonchev–Trinajstić information content (AvgIpc) is 2.55. The van der Waals surface area contributed by atoms with Gasteiger partial charge in [0.25, 0.3) is 0 Å². The Morgan fingerprint density at radius 3 is 1.79 bits per heavy atom. The topological polar surface area (TPSA) is 9.23 Å². The molecule has 0 aliphatic rings. The Hall–Kier alpha value is 0.239. The summed E-state index contributed by atoms with van der Waals surface area (Å²) in [5, 5.41) is 0. The zero-order valence-electron chi connectivity index (χ0n) is 17.5. The normalized spacial score (nSPS) is 14.9. The zero-order chi connectivity index (χ0) is 18.4. The van der Waals surface area contributed by atoms with E-state index in [1.165, 1.54) is 57.4 Å². The number of hydrogen-bond donors (Lipinski definition) is 0. The molecular formula is C22H44OSn. The van der Waals surface area contributed by atoms with Gasteiger partial charge in [0.2, 0.25) is 0 Å². The summed E-state index contributed by atoms with van der Waals surface area (Å²) >= 11 is -2.19. The summed E-state index contributed by atoms with van der Waals surface area (Å²) < 4.78 is 12.3. The summed E-state index contributed by atoms with van der Waals surface area (Å²) in [7, 11) is 0. The van der Waals surface area contributed by atoms with Crippen LogP contribution in [0.2, 0.25) is 13.3 Å². The first-order valence-electron chi connectivity index (χ1n) is 10.4. The van der Waals surface area contributed by atoms with Crippen molar-refractivity contribution in [2.45, 2.75) is 99.5 Å². The maximum absolute atomic E-state index is 6.62. The number of hydrogen-bond acceptors (Lipinski definition) is 1. The van der Waals surface area contributed by atoms with Crippen molar-refractivity contribution < 1.29 is 4.74 Å². The van der Waals surface area contributed by atoms with Gasteiger partial charge < -0.3 is 0 Å². The fraction of sp³-hybridized carbons (Fsp3) is 0.818. The third-order valence-electron chi connectivity index (χ3n) is 5.21. The van der Waals surface area contributed by atoms with Crippen LogP contribution in [0.25, 0.3) is 0 Å². The summed E-state index contributed by atoms with van der Waals surface area (Å²) in [6.45, 7) is 17.7. The standard InChI is InChI=1S/C10H17O.3C4H9.Sn/c1-6-7-9(4)10(11-5)8(2)3;3*1-3-4-2;/h6-7,9-10H,2,5H2,1,3-4H3;3*1,3-4H2,2H3;/b7-6+;;;;/t9-,10-;;;;/m0..../s1. The molecule has 24 heavy (non-hydrogen) atoms. The fourth-order valence-electron chi connectivity index (χ4n) is 3.66. The van der Waals surface area contributed by atoms with Crippen molar-refractivity contribution in [1.29, 1.82) is 0 Å². The molecule has 0 saturated heterocycles. The van der Waals surface area contributed by atoms with Crippen LogP contribution < -0.4 is 0 Å². The minimum atomic E-state index is -2.19. The van der Waals surface area contributed by atoms with Crippen molar-refractivity contribution in [3.63, 3.8) is 0 Å². The van der Waals surface area contributed by atoms with Gasteiger partial charge in [-0.05, 0) is 0 Å². The van der Waals surface area contributed by atoms with Crippen LogP contribution in [0.3, 0.4) is 0 Å². The Kier molecular flexibility index (Phi) is 14.6. The zero-order valence-corrected chi connectivity index (χ0v) is 20.3. The van der Waals surface area contributed by atoms with E-state index in [1.807, 2.05) is 0 Å². The SMILES string of the molecule is C=C(C)[C@H](O[CH2][Sn]([CH2]CCC)([CH2]CCC)[CH2]CCC)[C@@H](C)/C=C/C. The van der Waals surface area contributed by atoms with E-state index in [2.05, 4.69) is 60.3 Å². The van der Waals surface area contributed by atoms with E-state index < -0.39 is 18.4 Å². The van der Waals surface area contributed by atoms with E-state index in [4.69, 9.17) is 4.74 Å². The van der Waals surface area contributed by atoms with Gasteiger partial charge in [-0.25, -0.2) is 0 Å². The van der Waals surface area contributed by atoms with Gasteiger partial charge in [-0.2, -0.15) is 0 Å². The summed E-state index contributed by atoms with van der Waals surface area (Å²) in [4.78, 5) is 0. The molecule has 0 saturated carbocycles. The molecule has 1 nitrogen and oxygen atoms in total. The van der Waals surface area contributed by atoms with E-state index in [1.54, 1.807) is 0 Å². The van der Waals surface area contributed by atoms with E-state index in [0.29, 0.717) is 5.92 Å². The molecular weight excluding hydrogens is 399 g/mol. The summed E-state index contributed by atoms with van der Waals surface area (Å²) in [6.07, 6.45) is 12.8. The molecule has 0 bridgehead atoms. The van der Waals surface area contributed by atoms with Crippen LogP contribution in [0.15, 0.2) is 24.3 Å². The molecule has 0 aliphatic carbocycles. The molecule has 0 aromatic heterocycles. The van der Waals surface area contributed by atoms with Crippen molar-refractivity contribution in [3.8, 4) is 0 Å². The molecule has 0 aromatic carbocycles. The predicted molar refractivity (Wildman–Crippen MR) is 113 cm³/mol. The van der Waals surface area contributed by atoms with Gasteiger partial charge in [-0.1, -0.05) is 0 Å². The van der Waals surface area contributed by atoms with E-state index >= 15 is 0 Å². The molecule has 0 amide bonds. The molecule has 142 valence electrons. The van der Waals surface area contributed by atoms with Gasteiger partial charge in [0, 0.05) is 0 Å². The van der Waals surface area contributed by atoms with Gasteiger partial charge >= 0.3 is 157 Å². The third-order valence-corrected chi connectivity index (χ3v) is 19.5. The van der Waals surface area contributed by atoms with E-state index in [9.17, 15) is 0 Å². The Morgan fingerprint density at radius 2 is 1.46 bits per heavy atom. The summed E-state index contributed by atoms with van der Waals surface area (Å²) in [6, 6.07) is 0. The predicted octanol–water partition coefficient (Wildman–Crippen LogP) is 7.55. The van der Waals surface area contributed by atoms with Gasteiger partial charge in [0.05, 0.1) is 0 Å². The second-order valence-electron chi connectivity index (χ2n) is 7.77. The first kappa shape index (κ1) is 24.2. The van der Waals surface area contributed by atoms with Crippen molar-refractivity contribution in [3.05, 3.63) is 24.3 Å². The van der Waals surface area contributed by atoms with Crippen LogP contribution in [0.5, 0.6) is 0 Å². The van der Waals surface area contributed by atoms with Gasteiger partial charge in [0.1, 0.15) is 0 Å². The van der Waals surface area contributed by atoms with Crippen LogP contribution in [0.4, 0.5) is 0 Å². The van der Waals surface area contributed by atoms with Crippen molar-refractivity contribution >= 4 is 18.4 Å². The molecule has 0 rings (SSSR count). The molecule has 2 heteroatoms. The van der Waals surface area contributed by atoms with E-state index in [0.717, 1.165) is 4.62 Å². The molecule has 0 fully saturated rings. The molecule has 0 N–H and O–H groups in total. The van der Waals surface area contributed by atoms with Crippen LogP contribution in [0, 0.1) is 5.92 Å². The maximum atomic E-state index is 6.62.